The van der Waals surface area contributed by atoms with Crippen molar-refractivity contribution in [1.82, 2.24) is 9.29 Å². The highest BCUT2D eigenvalue weighted by Gasteiger charge is 2.28. The van der Waals surface area contributed by atoms with E-state index < -0.39 is 10.0 Å². The third kappa shape index (κ3) is 3.51. The molecule has 1 aromatic heterocycles. The van der Waals surface area contributed by atoms with Crippen molar-refractivity contribution in [2.24, 2.45) is 5.92 Å². The Hall–Kier alpha value is -1.18. The largest absolute Gasteiger partial charge is 0.393 e. The van der Waals surface area contributed by atoms with Gasteiger partial charge in [0.25, 0.3) is 0 Å². The number of anilines is 1. The van der Waals surface area contributed by atoms with Gasteiger partial charge in [0, 0.05) is 38.3 Å². The fourth-order valence-corrected chi connectivity index (χ4v) is 4.86. The van der Waals surface area contributed by atoms with Crippen molar-refractivity contribution >= 4 is 15.8 Å². The topological polar surface area (TPSA) is 73.7 Å². The van der Waals surface area contributed by atoms with Crippen molar-refractivity contribution in [2.75, 3.05) is 31.1 Å². The molecule has 2 atom stereocenters. The average molecular weight is 339 g/mol. The normalized spacial score (nSPS) is 24.8. The molecule has 1 aromatic rings. The van der Waals surface area contributed by atoms with Crippen molar-refractivity contribution in [3.63, 3.8) is 0 Å². The van der Waals surface area contributed by atoms with Crippen LogP contribution in [0, 0.1) is 5.92 Å². The van der Waals surface area contributed by atoms with Gasteiger partial charge in [0.2, 0.25) is 10.0 Å². The second kappa shape index (κ2) is 6.75. The molecule has 23 heavy (non-hydrogen) atoms. The summed E-state index contributed by atoms with van der Waals surface area (Å²) in [7, 11) is -3.40. The van der Waals surface area contributed by atoms with E-state index in [1.807, 2.05) is 6.92 Å². The highest BCUT2D eigenvalue weighted by molar-refractivity contribution is 7.89. The van der Waals surface area contributed by atoms with E-state index in [2.05, 4.69) is 9.88 Å². The van der Waals surface area contributed by atoms with Crippen LogP contribution in [0.1, 0.15) is 32.6 Å². The molecule has 2 unspecified atom stereocenters. The van der Waals surface area contributed by atoms with Gasteiger partial charge in [-0.3, -0.25) is 0 Å². The van der Waals surface area contributed by atoms with Crippen molar-refractivity contribution < 1.29 is 13.5 Å². The van der Waals surface area contributed by atoms with E-state index in [9.17, 15) is 13.5 Å². The number of hydrogen-bond acceptors (Lipinski definition) is 5. The highest BCUT2D eigenvalue weighted by atomic mass is 32.2. The summed E-state index contributed by atoms with van der Waals surface area (Å²) in [6.45, 7) is 4.70. The molecule has 128 valence electrons. The molecule has 2 saturated heterocycles. The Labute approximate surface area is 138 Å². The predicted molar refractivity (Wildman–Crippen MR) is 88.8 cm³/mol. The third-order valence-corrected chi connectivity index (χ3v) is 6.77. The lowest BCUT2D eigenvalue weighted by Gasteiger charge is -2.35. The van der Waals surface area contributed by atoms with E-state index in [0.717, 1.165) is 44.6 Å². The summed E-state index contributed by atoms with van der Waals surface area (Å²) in [6, 6.07) is 3.44. The Morgan fingerprint density at radius 2 is 1.96 bits per heavy atom. The van der Waals surface area contributed by atoms with Crippen LogP contribution in [0.4, 0.5) is 5.82 Å². The molecule has 3 heterocycles. The van der Waals surface area contributed by atoms with Gasteiger partial charge in [0.1, 0.15) is 10.7 Å². The number of pyridine rings is 1. The molecule has 0 aliphatic carbocycles. The van der Waals surface area contributed by atoms with Crippen LogP contribution < -0.4 is 4.90 Å². The van der Waals surface area contributed by atoms with Crippen LogP contribution in [0.15, 0.2) is 23.2 Å². The number of hydrogen-bond donors (Lipinski definition) is 1. The first-order chi connectivity index (χ1) is 11.0. The molecule has 2 aliphatic rings. The monoisotopic (exact) mass is 339 g/mol. The van der Waals surface area contributed by atoms with Gasteiger partial charge < -0.3 is 10.0 Å². The van der Waals surface area contributed by atoms with Gasteiger partial charge in [0.05, 0.1) is 6.10 Å². The zero-order valence-corrected chi connectivity index (χ0v) is 14.4. The van der Waals surface area contributed by atoms with Gasteiger partial charge in [-0.05, 0) is 44.7 Å². The summed E-state index contributed by atoms with van der Waals surface area (Å²) in [5, 5.41) is 9.78. The van der Waals surface area contributed by atoms with Gasteiger partial charge in [-0.1, -0.05) is 0 Å². The van der Waals surface area contributed by atoms with Gasteiger partial charge in [-0.15, -0.1) is 0 Å². The van der Waals surface area contributed by atoms with Gasteiger partial charge in [-0.25, -0.2) is 13.4 Å². The molecule has 0 radical (unpaired) electrons. The lowest BCUT2D eigenvalue weighted by molar-refractivity contribution is 0.115. The predicted octanol–water partition coefficient (Wildman–Crippen LogP) is 1.46. The molecule has 7 heteroatoms. The van der Waals surface area contributed by atoms with Gasteiger partial charge in [-0.2, -0.15) is 4.31 Å². The third-order valence-electron chi connectivity index (χ3n) is 4.89. The SMILES string of the molecule is CC(O)C1CCCN(c2ccc(S(=O)(=O)N3CCCC3)cn2)C1. The molecule has 0 saturated carbocycles. The van der Waals surface area contributed by atoms with E-state index in [1.165, 1.54) is 10.5 Å². The second-order valence-electron chi connectivity index (χ2n) is 6.55. The minimum absolute atomic E-state index is 0.249. The first-order valence-electron chi connectivity index (χ1n) is 8.38. The number of rotatable bonds is 4. The van der Waals surface area contributed by atoms with Crippen LogP contribution in [0.5, 0.6) is 0 Å². The first-order valence-corrected chi connectivity index (χ1v) is 9.82. The highest BCUT2D eigenvalue weighted by Crippen LogP contribution is 2.26. The van der Waals surface area contributed by atoms with E-state index in [0.29, 0.717) is 13.1 Å². The van der Waals surface area contributed by atoms with E-state index in [1.54, 1.807) is 12.1 Å². The van der Waals surface area contributed by atoms with Crippen molar-refractivity contribution in [2.45, 2.75) is 43.6 Å². The first kappa shape index (κ1) is 16.7. The fraction of sp³-hybridized carbons (Fsp3) is 0.688. The Morgan fingerprint density at radius 1 is 1.22 bits per heavy atom. The zero-order chi connectivity index (χ0) is 16.4. The molecule has 0 bridgehead atoms. The lowest BCUT2D eigenvalue weighted by Crippen LogP contribution is -2.40. The number of aliphatic hydroxyl groups is 1. The number of nitrogens with zero attached hydrogens (tertiary/aromatic N) is 3. The van der Waals surface area contributed by atoms with Crippen LogP contribution in [0.2, 0.25) is 0 Å². The lowest BCUT2D eigenvalue weighted by atomic mass is 9.93. The number of aromatic nitrogens is 1. The maximum atomic E-state index is 12.5. The van der Waals surface area contributed by atoms with Gasteiger partial charge in [0.15, 0.2) is 0 Å². The fourth-order valence-electron chi connectivity index (χ4n) is 3.40. The summed E-state index contributed by atoms with van der Waals surface area (Å²) in [5.74, 6) is 1.04. The summed E-state index contributed by atoms with van der Waals surface area (Å²) < 4.78 is 26.5. The van der Waals surface area contributed by atoms with Gasteiger partial charge >= 0.3 is 0 Å². The molecular weight excluding hydrogens is 314 g/mol. The zero-order valence-electron chi connectivity index (χ0n) is 13.6. The molecule has 1 N–H and O–H groups in total. The average Bonchev–Trinajstić information content (AvgIpc) is 3.10. The molecule has 6 nitrogen and oxygen atoms in total. The number of piperidine rings is 1. The number of aliphatic hydroxyl groups excluding tert-OH is 1. The summed E-state index contributed by atoms with van der Waals surface area (Å²) in [5.41, 5.74) is 0. The van der Waals surface area contributed by atoms with Crippen LogP contribution >= 0.6 is 0 Å². The van der Waals surface area contributed by atoms with E-state index >= 15 is 0 Å². The molecule has 0 spiro atoms. The summed E-state index contributed by atoms with van der Waals surface area (Å²) >= 11 is 0. The van der Waals surface area contributed by atoms with Crippen LogP contribution in [-0.4, -0.2) is 55.1 Å². The van der Waals surface area contributed by atoms with Crippen LogP contribution in [0.25, 0.3) is 0 Å². The number of sulfonamides is 1. The van der Waals surface area contributed by atoms with Crippen molar-refractivity contribution in [3.8, 4) is 0 Å². The molecule has 0 aromatic carbocycles. The van der Waals surface area contributed by atoms with Crippen molar-refractivity contribution in [3.05, 3.63) is 18.3 Å². The minimum Gasteiger partial charge on any atom is -0.393 e. The molecule has 3 rings (SSSR count). The second-order valence-corrected chi connectivity index (χ2v) is 8.49. The standard InChI is InChI=1S/C16H25N3O3S/c1-13(20)14-5-4-8-18(12-14)16-7-6-15(11-17-16)23(21,22)19-9-2-3-10-19/h6-7,11,13-14,20H,2-5,8-10,12H2,1H3. The Bertz CT molecular complexity index is 624. The molecule has 0 amide bonds. The quantitative estimate of drug-likeness (QED) is 0.899. The maximum Gasteiger partial charge on any atom is 0.244 e. The minimum atomic E-state index is -3.40. The summed E-state index contributed by atoms with van der Waals surface area (Å²) in [4.78, 5) is 6.77. The van der Waals surface area contributed by atoms with Crippen LogP contribution in [0.3, 0.4) is 0 Å². The van der Waals surface area contributed by atoms with Crippen molar-refractivity contribution in [1.29, 1.82) is 0 Å². The Kier molecular flexibility index (Phi) is 4.89. The smallest absolute Gasteiger partial charge is 0.244 e. The maximum absolute atomic E-state index is 12.5. The molecule has 2 fully saturated rings. The Morgan fingerprint density at radius 3 is 2.57 bits per heavy atom. The molecular formula is C16H25N3O3S. The van der Waals surface area contributed by atoms with E-state index in [4.69, 9.17) is 0 Å². The molecule has 2 aliphatic heterocycles. The van der Waals surface area contributed by atoms with E-state index in [-0.39, 0.29) is 16.9 Å². The summed E-state index contributed by atoms with van der Waals surface area (Å²) in [6.07, 6.45) is 5.04. The Balaban J connectivity index is 1.74. The van der Waals surface area contributed by atoms with Crippen LogP contribution in [-0.2, 0) is 10.0 Å².